The number of benzene rings is 2. The average Bonchev–Trinajstić information content (AvgIpc) is 2.43. The van der Waals surface area contributed by atoms with Gasteiger partial charge in [0.2, 0.25) is 0 Å². The highest BCUT2D eigenvalue weighted by molar-refractivity contribution is 14.1. The fourth-order valence-corrected chi connectivity index (χ4v) is 2.56. The minimum absolute atomic E-state index is 0.0391. The van der Waals surface area contributed by atoms with E-state index in [1.165, 1.54) is 12.1 Å². The maximum absolute atomic E-state index is 12.4. The highest BCUT2D eigenvalue weighted by Gasteiger charge is 2.11. The molecule has 2 aromatic rings. The summed E-state index contributed by atoms with van der Waals surface area (Å²) in [7, 11) is 0. The van der Waals surface area contributed by atoms with Crippen LogP contribution in [0.1, 0.15) is 5.56 Å². The van der Waals surface area contributed by atoms with Gasteiger partial charge in [0.1, 0.15) is 17.2 Å². The first-order valence-electron chi connectivity index (χ1n) is 6.07. The number of nitrogens with zero attached hydrogens (tertiary/aromatic N) is 1. The number of ether oxygens (including phenoxy) is 2. The largest absolute Gasteiger partial charge is 0.456 e. The van der Waals surface area contributed by atoms with Gasteiger partial charge in [-0.05, 0) is 68.3 Å². The Hall–Kier alpha value is -1.40. The summed E-state index contributed by atoms with van der Waals surface area (Å²) in [4.78, 5) is 0. The first-order chi connectivity index (χ1) is 10.5. The maximum atomic E-state index is 12.4. The number of rotatable bonds is 5. The van der Waals surface area contributed by atoms with Crippen LogP contribution in [0.25, 0.3) is 0 Å². The predicted octanol–water partition coefficient (Wildman–Crippen LogP) is 5.51. The Morgan fingerprint density at radius 1 is 1.23 bits per heavy atom. The van der Waals surface area contributed by atoms with Crippen molar-refractivity contribution < 1.29 is 18.3 Å². The lowest BCUT2D eigenvalue weighted by Gasteiger charge is -2.12. The van der Waals surface area contributed by atoms with Crippen molar-refractivity contribution in [3.05, 3.63) is 50.0 Å². The molecule has 0 saturated heterocycles. The number of halogens is 4. The third-order valence-electron chi connectivity index (χ3n) is 2.59. The van der Waals surface area contributed by atoms with Crippen LogP contribution in [0.5, 0.6) is 17.2 Å². The molecule has 0 amide bonds. The molecule has 0 unspecified atom stereocenters. The fourth-order valence-electron chi connectivity index (χ4n) is 1.74. The normalized spacial score (nSPS) is 10.4. The van der Waals surface area contributed by atoms with Crippen LogP contribution in [0, 0.1) is 14.9 Å². The second-order valence-corrected chi connectivity index (χ2v) is 6.11. The van der Waals surface area contributed by atoms with Gasteiger partial charge in [-0.2, -0.15) is 14.0 Å². The van der Waals surface area contributed by atoms with Crippen molar-refractivity contribution in [2.45, 2.75) is 13.0 Å². The summed E-state index contributed by atoms with van der Waals surface area (Å²) in [6.07, 6.45) is 0.0758. The van der Waals surface area contributed by atoms with Crippen LogP contribution in [0.2, 0.25) is 0 Å². The van der Waals surface area contributed by atoms with Gasteiger partial charge in [-0.25, -0.2) is 0 Å². The molecule has 0 atom stereocenters. The molecule has 22 heavy (non-hydrogen) atoms. The molecule has 3 nitrogen and oxygen atoms in total. The summed E-state index contributed by atoms with van der Waals surface area (Å²) >= 11 is 5.50. The van der Waals surface area contributed by atoms with E-state index in [4.69, 9.17) is 10.00 Å². The zero-order chi connectivity index (χ0) is 16.1. The molecule has 2 aromatic carbocycles. The van der Waals surface area contributed by atoms with Crippen LogP contribution in [-0.4, -0.2) is 6.61 Å². The second-order valence-electron chi connectivity index (χ2n) is 4.18. The smallest absolute Gasteiger partial charge is 0.387 e. The van der Waals surface area contributed by atoms with Crippen LogP contribution in [0.4, 0.5) is 8.78 Å². The first-order valence-corrected chi connectivity index (χ1v) is 7.94. The molecular formula is C15H9BrF2INO2. The van der Waals surface area contributed by atoms with E-state index >= 15 is 0 Å². The van der Waals surface area contributed by atoms with E-state index in [1.807, 2.05) is 12.1 Å². The highest BCUT2D eigenvalue weighted by Crippen LogP contribution is 2.34. The molecule has 2 rings (SSSR count). The Balaban J connectivity index is 2.35. The molecule has 0 spiro atoms. The number of hydrogen-bond acceptors (Lipinski definition) is 3. The van der Waals surface area contributed by atoms with Crippen molar-refractivity contribution in [2.24, 2.45) is 0 Å². The Morgan fingerprint density at radius 3 is 2.64 bits per heavy atom. The van der Waals surface area contributed by atoms with Gasteiger partial charge in [-0.3, -0.25) is 0 Å². The molecule has 7 heteroatoms. The molecule has 0 aliphatic heterocycles. The molecule has 0 saturated carbocycles. The van der Waals surface area contributed by atoms with E-state index in [0.29, 0.717) is 17.1 Å². The van der Waals surface area contributed by atoms with Crippen LogP contribution >= 0.6 is 38.5 Å². The molecule has 0 aromatic heterocycles. The molecular weight excluding hydrogens is 471 g/mol. The van der Waals surface area contributed by atoms with Crippen molar-refractivity contribution >= 4 is 38.5 Å². The number of alkyl halides is 2. The minimum Gasteiger partial charge on any atom is -0.456 e. The maximum Gasteiger partial charge on any atom is 0.387 e. The highest BCUT2D eigenvalue weighted by atomic mass is 127. The third kappa shape index (κ3) is 4.55. The Morgan fingerprint density at radius 2 is 1.95 bits per heavy atom. The van der Waals surface area contributed by atoms with Crippen molar-refractivity contribution in [1.29, 1.82) is 5.26 Å². The van der Waals surface area contributed by atoms with Gasteiger partial charge in [0.05, 0.1) is 16.1 Å². The molecule has 114 valence electrons. The van der Waals surface area contributed by atoms with Gasteiger partial charge >= 0.3 is 6.61 Å². The van der Waals surface area contributed by atoms with E-state index in [9.17, 15) is 8.78 Å². The van der Waals surface area contributed by atoms with Crippen LogP contribution < -0.4 is 9.47 Å². The van der Waals surface area contributed by atoms with Crippen molar-refractivity contribution in [3.63, 3.8) is 0 Å². The standard InChI is InChI=1S/C15H9BrF2INO2/c16-12-2-1-3-13(14(12)19)21-10-6-9(4-5-20)7-11(8-10)22-15(17)18/h1-3,6-8,15H,4H2. The van der Waals surface area contributed by atoms with Gasteiger partial charge in [0, 0.05) is 10.5 Å². The fraction of sp³-hybridized carbons (Fsp3) is 0.133. The summed E-state index contributed by atoms with van der Waals surface area (Å²) in [5, 5.41) is 8.77. The molecule has 0 bridgehead atoms. The Bertz CT molecular complexity index is 719. The third-order valence-corrected chi connectivity index (χ3v) is 5.11. The lowest BCUT2D eigenvalue weighted by atomic mass is 10.1. The first kappa shape index (κ1) is 17.0. The van der Waals surface area contributed by atoms with E-state index in [0.717, 1.165) is 8.04 Å². The monoisotopic (exact) mass is 479 g/mol. The molecule has 0 aliphatic carbocycles. The van der Waals surface area contributed by atoms with Gasteiger partial charge in [-0.15, -0.1) is 0 Å². The van der Waals surface area contributed by atoms with Gasteiger partial charge in [0.15, 0.2) is 0 Å². The zero-order valence-electron chi connectivity index (χ0n) is 11.0. The Labute approximate surface area is 148 Å². The van der Waals surface area contributed by atoms with Gasteiger partial charge < -0.3 is 9.47 Å². The topological polar surface area (TPSA) is 42.2 Å². The average molecular weight is 480 g/mol. The minimum atomic E-state index is -2.93. The van der Waals surface area contributed by atoms with Crippen LogP contribution in [-0.2, 0) is 6.42 Å². The van der Waals surface area contributed by atoms with Gasteiger partial charge in [-0.1, -0.05) is 6.07 Å². The lowest BCUT2D eigenvalue weighted by molar-refractivity contribution is -0.0499. The molecule has 0 radical (unpaired) electrons. The summed E-state index contributed by atoms with van der Waals surface area (Å²) < 4.78 is 36.6. The zero-order valence-corrected chi connectivity index (χ0v) is 14.8. The van der Waals surface area contributed by atoms with E-state index in [-0.39, 0.29) is 12.2 Å². The van der Waals surface area contributed by atoms with Crippen molar-refractivity contribution in [3.8, 4) is 23.3 Å². The summed E-state index contributed by atoms with van der Waals surface area (Å²) in [6.45, 7) is -2.93. The molecule has 0 N–H and O–H groups in total. The summed E-state index contributed by atoms with van der Waals surface area (Å²) in [5.74, 6) is 0.870. The van der Waals surface area contributed by atoms with Crippen molar-refractivity contribution in [1.82, 2.24) is 0 Å². The number of nitriles is 1. The lowest BCUT2D eigenvalue weighted by Crippen LogP contribution is -2.02. The molecule has 0 heterocycles. The summed E-state index contributed by atoms with van der Waals surface area (Å²) in [6, 6.07) is 11.8. The van der Waals surface area contributed by atoms with Gasteiger partial charge in [0.25, 0.3) is 0 Å². The second kappa shape index (κ2) is 7.74. The van der Waals surface area contributed by atoms with E-state index in [2.05, 4.69) is 43.3 Å². The van der Waals surface area contributed by atoms with Crippen LogP contribution in [0.3, 0.4) is 0 Å². The molecule has 0 fully saturated rings. The van der Waals surface area contributed by atoms with E-state index < -0.39 is 6.61 Å². The quantitative estimate of drug-likeness (QED) is 0.531. The van der Waals surface area contributed by atoms with E-state index in [1.54, 1.807) is 18.2 Å². The SMILES string of the molecule is N#CCc1cc(Oc2cccc(Br)c2I)cc(OC(F)F)c1. The Kier molecular flexibility index (Phi) is 5.97. The van der Waals surface area contributed by atoms with Crippen LogP contribution in [0.15, 0.2) is 40.9 Å². The summed E-state index contributed by atoms with van der Waals surface area (Å²) in [5.41, 5.74) is 0.542. The van der Waals surface area contributed by atoms with Crippen molar-refractivity contribution in [2.75, 3.05) is 0 Å². The number of hydrogen-bond donors (Lipinski definition) is 0. The predicted molar refractivity (Wildman–Crippen MR) is 89.3 cm³/mol. The molecule has 0 aliphatic rings.